The molecule has 2 rings (SSSR count). The number of benzene rings is 2. The molecule has 0 bridgehead atoms. The van der Waals surface area contributed by atoms with Crippen LogP contribution in [0.3, 0.4) is 0 Å². The van der Waals surface area contributed by atoms with Crippen LogP contribution in [0.15, 0.2) is 53.6 Å². The summed E-state index contributed by atoms with van der Waals surface area (Å²) < 4.78 is 10.6. The summed E-state index contributed by atoms with van der Waals surface area (Å²) in [5, 5.41) is 6.46. The first-order valence-corrected chi connectivity index (χ1v) is 6.72. The van der Waals surface area contributed by atoms with E-state index < -0.39 is 0 Å². The molecule has 0 N–H and O–H groups in total. The van der Waals surface area contributed by atoms with Crippen molar-refractivity contribution in [2.75, 3.05) is 26.3 Å². The Bertz CT molecular complexity index is 624. The van der Waals surface area contributed by atoms with E-state index in [4.69, 9.17) is 9.47 Å². The van der Waals surface area contributed by atoms with E-state index in [2.05, 4.69) is 5.10 Å². The molecule has 0 aromatic heterocycles. The van der Waals surface area contributed by atoms with Crippen molar-refractivity contribution in [1.29, 1.82) is 0 Å². The van der Waals surface area contributed by atoms with Crippen molar-refractivity contribution in [3.63, 3.8) is 0 Å². The average Bonchev–Trinajstić information content (AvgIpc) is 2.54. The Morgan fingerprint density at radius 2 is 1.71 bits per heavy atom. The molecule has 110 valence electrons. The van der Waals surface area contributed by atoms with Gasteiger partial charge in [-0.05, 0) is 31.2 Å². The Morgan fingerprint density at radius 3 is 2.33 bits per heavy atom. The Balaban J connectivity index is 2.31. The molecule has 0 spiro atoms. The van der Waals surface area contributed by atoms with Gasteiger partial charge in [-0.1, -0.05) is 18.2 Å². The molecule has 0 fully saturated rings. The number of para-hydroxylation sites is 1. The van der Waals surface area contributed by atoms with Gasteiger partial charge in [0.15, 0.2) is 0 Å². The standard InChI is InChI=1S/C17H20N2O2/c1-13(18-19(2)14-8-6-5-7-9-14)16-11-10-15(20-3)12-17(16)21-4/h5-12H,1-4H3/b18-13+. The fraction of sp³-hybridized carbons (Fsp3) is 0.235. The first-order chi connectivity index (χ1) is 10.2. The minimum Gasteiger partial charge on any atom is -0.497 e. The smallest absolute Gasteiger partial charge is 0.131 e. The highest BCUT2D eigenvalue weighted by atomic mass is 16.5. The Kier molecular flexibility index (Phi) is 4.82. The monoisotopic (exact) mass is 284 g/mol. The molecule has 0 unspecified atom stereocenters. The largest absolute Gasteiger partial charge is 0.497 e. The molecule has 4 nitrogen and oxygen atoms in total. The van der Waals surface area contributed by atoms with E-state index in [9.17, 15) is 0 Å². The zero-order valence-electron chi connectivity index (χ0n) is 12.8. The van der Waals surface area contributed by atoms with E-state index in [0.29, 0.717) is 0 Å². The summed E-state index contributed by atoms with van der Waals surface area (Å²) in [6.07, 6.45) is 0. The van der Waals surface area contributed by atoms with Crippen LogP contribution in [0.5, 0.6) is 11.5 Å². The van der Waals surface area contributed by atoms with Crippen molar-refractivity contribution in [3.8, 4) is 11.5 Å². The zero-order chi connectivity index (χ0) is 15.2. The molecule has 0 saturated heterocycles. The lowest BCUT2D eigenvalue weighted by Gasteiger charge is -2.16. The molecule has 2 aromatic carbocycles. The van der Waals surface area contributed by atoms with Crippen molar-refractivity contribution in [1.82, 2.24) is 0 Å². The summed E-state index contributed by atoms with van der Waals surface area (Å²) in [4.78, 5) is 0. The van der Waals surface area contributed by atoms with Crippen LogP contribution in [0.2, 0.25) is 0 Å². The maximum Gasteiger partial charge on any atom is 0.131 e. The van der Waals surface area contributed by atoms with Crippen LogP contribution < -0.4 is 14.5 Å². The second kappa shape index (κ2) is 6.79. The van der Waals surface area contributed by atoms with Gasteiger partial charge in [0.2, 0.25) is 0 Å². The van der Waals surface area contributed by atoms with Gasteiger partial charge >= 0.3 is 0 Å². The van der Waals surface area contributed by atoms with Crippen LogP contribution in [-0.4, -0.2) is 27.0 Å². The molecule has 0 amide bonds. The Labute approximate surface area is 125 Å². The van der Waals surface area contributed by atoms with Gasteiger partial charge < -0.3 is 9.47 Å². The minimum absolute atomic E-state index is 0.747. The Morgan fingerprint density at radius 1 is 1.00 bits per heavy atom. The van der Waals surface area contributed by atoms with Crippen molar-refractivity contribution >= 4 is 11.4 Å². The molecule has 21 heavy (non-hydrogen) atoms. The molecule has 0 saturated carbocycles. The number of hydrazone groups is 1. The van der Waals surface area contributed by atoms with Crippen LogP contribution in [0, 0.1) is 0 Å². The van der Waals surface area contributed by atoms with Crippen LogP contribution in [0.4, 0.5) is 5.69 Å². The maximum atomic E-state index is 5.42. The van der Waals surface area contributed by atoms with Crippen LogP contribution in [-0.2, 0) is 0 Å². The molecule has 0 aliphatic rings. The molecule has 2 aromatic rings. The number of nitrogens with zero attached hydrogens (tertiary/aromatic N) is 2. The lowest BCUT2D eigenvalue weighted by molar-refractivity contribution is 0.394. The van der Waals surface area contributed by atoms with E-state index >= 15 is 0 Å². The SMILES string of the molecule is COc1ccc(/C(C)=N/N(C)c2ccccc2)c(OC)c1. The van der Waals surface area contributed by atoms with Crippen LogP contribution >= 0.6 is 0 Å². The predicted octanol–water partition coefficient (Wildman–Crippen LogP) is 3.56. The lowest BCUT2D eigenvalue weighted by atomic mass is 10.1. The molecular weight excluding hydrogens is 264 g/mol. The molecule has 0 aliphatic heterocycles. The van der Waals surface area contributed by atoms with E-state index in [0.717, 1.165) is 28.5 Å². The van der Waals surface area contributed by atoms with Gasteiger partial charge in [-0.3, -0.25) is 5.01 Å². The molecule has 0 heterocycles. The summed E-state index contributed by atoms with van der Waals surface area (Å²) in [5.41, 5.74) is 2.85. The third kappa shape index (κ3) is 3.54. The van der Waals surface area contributed by atoms with Gasteiger partial charge in [-0.2, -0.15) is 5.10 Å². The number of methoxy groups -OCH3 is 2. The van der Waals surface area contributed by atoms with Crippen molar-refractivity contribution in [2.24, 2.45) is 5.10 Å². The number of hydrogen-bond acceptors (Lipinski definition) is 4. The number of anilines is 1. The van der Waals surface area contributed by atoms with Gasteiger partial charge in [0.1, 0.15) is 11.5 Å². The van der Waals surface area contributed by atoms with Crippen molar-refractivity contribution < 1.29 is 9.47 Å². The van der Waals surface area contributed by atoms with E-state index in [-0.39, 0.29) is 0 Å². The van der Waals surface area contributed by atoms with Gasteiger partial charge in [0.05, 0.1) is 25.6 Å². The summed E-state index contributed by atoms with van der Waals surface area (Å²) >= 11 is 0. The van der Waals surface area contributed by atoms with E-state index in [1.54, 1.807) is 14.2 Å². The molecule has 4 heteroatoms. The third-order valence-electron chi connectivity index (χ3n) is 3.23. The minimum atomic E-state index is 0.747. The van der Waals surface area contributed by atoms with Crippen LogP contribution in [0.25, 0.3) is 0 Å². The molecule has 0 aliphatic carbocycles. The van der Waals surface area contributed by atoms with E-state index in [1.165, 1.54) is 0 Å². The summed E-state index contributed by atoms with van der Waals surface area (Å²) in [6, 6.07) is 15.7. The molecule has 0 radical (unpaired) electrons. The first-order valence-electron chi connectivity index (χ1n) is 6.72. The predicted molar refractivity (Wildman–Crippen MR) is 86.6 cm³/mol. The summed E-state index contributed by atoms with van der Waals surface area (Å²) in [6.45, 7) is 1.96. The van der Waals surface area contributed by atoms with Crippen molar-refractivity contribution in [2.45, 2.75) is 6.92 Å². The maximum absolute atomic E-state index is 5.42. The van der Waals surface area contributed by atoms with Crippen molar-refractivity contribution in [3.05, 3.63) is 54.1 Å². The fourth-order valence-corrected chi connectivity index (χ4v) is 2.08. The molecule has 0 atom stereocenters. The highest BCUT2D eigenvalue weighted by Gasteiger charge is 2.09. The molecular formula is C17H20N2O2. The number of ether oxygens (including phenoxy) is 2. The zero-order valence-corrected chi connectivity index (χ0v) is 12.8. The number of hydrogen-bond donors (Lipinski definition) is 0. The highest BCUT2D eigenvalue weighted by molar-refractivity contribution is 6.01. The van der Waals surface area contributed by atoms with E-state index in [1.807, 2.05) is 67.5 Å². The summed E-state index contributed by atoms with van der Waals surface area (Å²) in [7, 11) is 5.21. The average molecular weight is 284 g/mol. The normalized spacial score (nSPS) is 11.1. The number of rotatable bonds is 5. The van der Waals surface area contributed by atoms with Gasteiger partial charge in [0, 0.05) is 18.7 Å². The van der Waals surface area contributed by atoms with Gasteiger partial charge in [-0.15, -0.1) is 0 Å². The van der Waals surface area contributed by atoms with Gasteiger partial charge in [0.25, 0.3) is 0 Å². The summed E-state index contributed by atoms with van der Waals surface area (Å²) in [5.74, 6) is 1.51. The first kappa shape index (κ1) is 14.9. The third-order valence-corrected chi connectivity index (χ3v) is 3.23. The second-order valence-electron chi connectivity index (χ2n) is 4.61. The quantitative estimate of drug-likeness (QED) is 0.622. The second-order valence-corrected chi connectivity index (χ2v) is 4.61. The lowest BCUT2D eigenvalue weighted by Crippen LogP contribution is -2.12. The topological polar surface area (TPSA) is 34.1 Å². The Hall–Kier alpha value is -2.49. The fourth-order valence-electron chi connectivity index (χ4n) is 2.08. The van der Waals surface area contributed by atoms with Crippen LogP contribution in [0.1, 0.15) is 12.5 Å². The van der Waals surface area contributed by atoms with Gasteiger partial charge in [-0.25, -0.2) is 0 Å². The highest BCUT2D eigenvalue weighted by Crippen LogP contribution is 2.25.